The third-order valence-corrected chi connectivity index (χ3v) is 9.96. The van der Waals surface area contributed by atoms with Gasteiger partial charge in [-0.15, -0.1) is 11.8 Å². The van der Waals surface area contributed by atoms with Gasteiger partial charge in [0.05, 0.1) is 28.5 Å². The number of ether oxygens (including phenoxy) is 2. The van der Waals surface area contributed by atoms with E-state index in [1.807, 2.05) is 109 Å². The van der Waals surface area contributed by atoms with Crippen molar-refractivity contribution in [3.05, 3.63) is 169 Å². The lowest BCUT2D eigenvalue weighted by Gasteiger charge is -2.26. The van der Waals surface area contributed by atoms with Crippen molar-refractivity contribution in [1.82, 2.24) is 4.57 Å². The zero-order valence-corrected chi connectivity index (χ0v) is 28.1. The SMILES string of the molecule is CCOC(=O)C1=C(c2ccccc2)N=c2s/c(=C\c3cccc(OCc4cccc5ccccc45)c3)c(=O)n2[C@H]1c1ccc(SC)cc1. The molecular formula is C40H32N2O4S2. The number of esters is 1. The monoisotopic (exact) mass is 668 g/mol. The average molecular weight is 669 g/mol. The molecule has 0 spiro atoms. The van der Waals surface area contributed by atoms with Gasteiger partial charge in [0.25, 0.3) is 5.56 Å². The van der Waals surface area contributed by atoms with Crippen LogP contribution in [-0.2, 0) is 16.1 Å². The molecule has 0 amide bonds. The highest BCUT2D eigenvalue weighted by atomic mass is 32.2. The maximum Gasteiger partial charge on any atom is 0.338 e. The summed E-state index contributed by atoms with van der Waals surface area (Å²) < 4.78 is 13.9. The molecule has 0 bridgehead atoms. The standard InChI is InChI=1S/C40H32N2O4S2/c1-3-45-39(44)35-36(28-13-5-4-6-14-28)41-40-42(37(35)29-19-21-32(47-2)22-20-29)38(43)34(48-40)24-26-11-9-17-31(23-26)46-25-30-16-10-15-27-12-7-8-18-33(27)30/h4-24,37H,3,25H2,1-2H3/b34-24-/t37-/m0/s1. The Labute approximate surface area is 286 Å². The Morgan fingerprint density at radius 2 is 1.67 bits per heavy atom. The van der Waals surface area contributed by atoms with Gasteiger partial charge in [-0.3, -0.25) is 9.36 Å². The van der Waals surface area contributed by atoms with E-state index < -0.39 is 12.0 Å². The van der Waals surface area contributed by atoms with E-state index in [1.165, 1.54) is 16.7 Å². The molecule has 48 heavy (non-hydrogen) atoms. The number of aromatic nitrogens is 1. The highest BCUT2D eigenvalue weighted by Gasteiger charge is 2.35. The number of rotatable bonds is 9. The lowest BCUT2D eigenvalue weighted by molar-refractivity contribution is -0.138. The van der Waals surface area contributed by atoms with Crippen LogP contribution in [0.1, 0.15) is 35.2 Å². The van der Waals surface area contributed by atoms with E-state index in [4.69, 9.17) is 14.5 Å². The number of thioether (sulfide) groups is 1. The summed E-state index contributed by atoms with van der Waals surface area (Å²) in [7, 11) is 0. The van der Waals surface area contributed by atoms with Crippen LogP contribution in [-0.4, -0.2) is 23.4 Å². The Kier molecular flexibility index (Phi) is 9.09. The molecule has 238 valence electrons. The molecule has 0 fully saturated rings. The van der Waals surface area contributed by atoms with E-state index in [9.17, 15) is 9.59 Å². The number of hydrogen-bond acceptors (Lipinski definition) is 7. The molecular weight excluding hydrogens is 637 g/mol. The first-order valence-corrected chi connectivity index (χ1v) is 17.7. The average Bonchev–Trinajstić information content (AvgIpc) is 3.44. The normalized spacial score (nSPS) is 14.5. The predicted molar refractivity (Wildman–Crippen MR) is 194 cm³/mol. The summed E-state index contributed by atoms with van der Waals surface area (Å²) >= 11 is 2.93. The summed E-state index contributed by atoms with van der Waals surface area (Å²) in [4.78, 5) is 34.5. The topological polar surface area (TPSA) is 69.9 Å². The molecule has 0 unspecified atom stereocenters. The third-order valence-electron chi connectivity index (χ3n) is 8.24. The molecule has 1 aliphatic rings. The van der Waals surface area contributed by atoms with Crippen LogP contribution >= 0.6 is 23.1 Å². The Bertz CT molecular complexity index is 2340. The Balaban J connectivity index is 1.32. The second-order valence-electron chi connectivity index (χ2n) is 11.2. The van der Waals surface area contributed by atoms with E-state index in [0.29, 0.717) is 33.0 Å². The van der Waals surface area contributed by atoms with Gasteiger partial charge >= 0.3 is 5.97 Å². The first-order chi connectivity index (χ1) is 23.5. The Morgan fingerprint density at radius 3 is 2.46 bits per heavy atom. The van der Waals surface area contributed by atoms with Crippen LogP contribution in [0.2, 0.25) is 0 Å². The van der Waals surface area contributed by atoms with Crippen LogP contribution in [0.5, 0.6) is 5.75 Å². The number of benzene rings is 5. The van der Waals surface area contributed by atoms with E-state index in [1.54, 1.807) is 23.3 Å². The molecule has 1 aliphatic heterocycles. The summed E-state index contributed by atoms with van der Waals surface area (Å²) in [5.74, 6) is 0.205. The zero-order chi connectivity index (χ0) is 33.0. The first kappa shape index (κ1) is 31.4. The summed E-state index contributed by atoms with van der Waals surface area (Å²) in [6.45, 7) is 2.39. The second-order valence-corrected chi connectivity index (χ2v) is 13.1. The van der Waals surface area contributed by atoms with Crippen molar-refractivity contribution in [2.75, 3.05) is 12.9 Å². The minimum atomic E-state index is -0.719. The van der Waals surface area contributed by atoms with Crippen molar-refractivity contribution < 1.29 is 14.3 Å². The number of carbonyl (C=O) groups is 1. The second kappa shape index (κ2) is 13.9. The molecule has 5 aromatic carbocycles. The fourth-order valence-corrected chi connectivity index (χ4v) is 7.38. The lowest BCUT2D eigenvalue weighted by atomic mass is 9.93. The maximum absolute atomic E-state index is 14.3. The van der Waals surface area contributed by atoms with Crippen LogP contribution in [0.25, 0.3) is 22.5 Å². The van der Waals surface area contributed by atoms with Crippen LogP contribution in [0, 0.1) is 0 Å². The molecule has 6 nitrogen and oxygen atoms in total. The minimum Gasteiger partial charge on any atom is -0.489 e. The number of fused-ring (bicyclic) bond motifs is 2. The summed E-state index contributed by atoms with van der Waals surface area (Å²) in [6.07, 6.45) is 3.87. The molecule has 2 heterocycles. The number of thiazole rings is 1. The highest BCUT2D eigenvalue weighted by molar-refractivity contribution is 7.98. The highest BCUT2D eigenvalue weighted by Crippen LogP contribution is 2.35. The van der Waals surface area contributed by atoms with Crippen molar-refractivity contribution in [2.24, 2.45) is 4.99 Å². The van der Waals surface area contributed by atoms with Gasteiger partial charge in [-0.05, 0) is 71.0 Å². The van der Waals surface area contributed by atoms with Gasteiger partial charge in [-0.1, -0.05) is 108 Å². The van der Waals surface area contributed by atoms with Crippen molar-refractivity contribution in [3.63, 3.8) is 0 Å². The molecule has 1 aromatic heterocycles. The van der Waals surface area contributed by atoms with Crippen LogP contribution in [0.3, 0.4) is 0 Å². The number of carbonyl (C=O) groups excluding carboxylic acids is 1. The molecule has 0 radical (unpaired) electrons. The third kappa shape index (κ3) is 6.24. The molecule has 1 atom stereocenters. The molecule has 0 N–H and O–H groups in total. The van der Waals surface area contributed by atoms with Gasteiger partial charge in [0.1, 0.15) is 12.4 Å². The predicted octanol–water partition coefficient (Wildman–Crippen LogP) is 7.39. The van der Waals surface area contributed by atoms with Crippen LogP contribution in [0.4, 0.5) is 0 Å². The molecule has 0 saturated carbocycles. The largest absolute Gasteiger partial charge is 0.489 e. The summed E-state index contributed by atoms with van der Waals surface area (Å²) in [5, 5.41) is 2.33. The zero-order valence-electron chi connectivity index (χ0n) is 26.5. The smallest absolute Gasteiger partial charge is 0.338 e. The van der Waals surface area contributed by atoms with Crippen molar-refractivity contribution in [1.29, 1.82) is 0 Å². The van der Waals surface area contributed by atoms with Gasteiger partial charge in [0, 0.05) is 10.5 Å². The molecule has 6 aromatic rings. The lowest BCUT2D eigenvalue weighted by Crippen LogP contribution is -2.40. The van der Waals surface area contributed by atoms with E-state index in [-0.39, 0.29) is 12.2 Å². The number of nitrogens with zero attached hydrogens (tertiary/aromatic N) is 2. The number of hydrogen-bond donors (Lipinski definition) is 0. The van der Waals surface area contributed by atoms with Crippen molar-refractivity contribution in [3.8, 4) is 5.75 Å². The van der Waals surface area contributed by atoms with Gasteiger partial charge in [-0.2, -0.15) is 0 Å². The van der Waals surface area contributed by atoms with Gasteiger partial charge < -0.3 is 9.47 Å². The van der Waals surface area contributed by atoms with Gasteiger partial charge in [-0.25, -0.2) is 9.79 Å². The Hall–Kier alpha value is -5.18. The van der Waals surface area contributed by atoms with Crippen LogP contribution in [0.15, 0.2) is 142 Å². The van der Waals surface area contributed by atoms with Crippen molar-refractivity contribution >= 4 is 51.6 Å². The quantitative estimate of drug-likeness (QED) is 0.119. The first-order valence-electron chi connectivity index (χ1n) is 15.7. The minimum absolute atomic E-state index is 0.200. The van der Waals surface area contributed by atoms with E-state index in [0.717, 1.165) is 32.5 Å². The maximum atomic E-state index is 14.3. The molecule has 8 heteroatoms. The van der Waals surface area contributed by atoms with Gasteiger partial charge in [0.2, 0.25) is 0 Å². The summed E-state index contributed by atoms with van der Waals surface area (Å²) in [5.41, 5.74) is 4.12. The fraction of sp³-hybridized carbons (Fsp3) is 0.125. The van der Waals surface area contributed by atoms with E-state index >= 15 is 0 Å². The summed E-state index contributed by atoms with van der Waals surface area (Å²) in [6, 6.07) is 39.0. The van der Waals surface area contributed by atoms with Gasteiger partial charge in [0.15, 0.2) is 4.80 Å². The van der Waals surface area contributed by atoms with Crippen LogP contribution < -0.4 is 19.6 Å². The van der Waals surface area contributed by atoms with Crippen molar-refractivity contribution in [2.45, 2.75) is 24.5 Å². The molecule has 7 rings (SSSR count). The van der Waals surface area contributed by atoms with E-state index in [2.05, 4.69) is 24.3 Å². The Morgan fingerprint density at radius 1 is 0.917 bits per heavy atom. The fourth-order valence-electron chi connectivity index (χ4n) is 5.97. The molecule has 0 saturated heterocycles. The molecule has 0 aliphatic carbocycles.